The van der Waals surface area contributed by atoms with Crippen molar-refractivity contribution in [1.29, 1.82) is 0 Å². The maximum atomic E-state index is 12.6. The summed E-state index contributed by atoms with van der Waals surface area (Å²) in [5.41, 5.74) is 5.54. The van der Waals surface area contributed by atoms with Gasteiger partial charge in [0.05, 0.1) is 18.1 Å². The summed E-state index contributed by atoms with van der Waals surface area (Å²) in [5.74, 6) is 0. The van der Waals surface area contributed by atoms with Gasteiger partial charge in [-0.05, 0) is 19.9 Å². The van der Waals surface area contributed by atoms with Crippen LogP contribution in [0.1, 0.15) is 18.7 Å². The summed E-state index contributed by atoms with van der Waals surface area (Å²) in [7, 11) is -3.52. The number of rotatable bonds is 11. The Morgan fingerprint density at radius 3 is 2.19 bits per heavy atom. The van der Waals surface area contributed by atoms with Gasteiger partial charge in [-0.25, -0.2) is 8.42 Å². The summed E-state index contributed by atoms with van der Waals surface area (Å²) < 4.78 is 37.2. The van der Waals surface area contributed by atoms with Gasteiger partial charge >= 0.3 is 0 Å². The Morgan fingerprint density at radius 2 is 1.76 bits per heavy atom. The number of thiophene rings is 1. The van der Waals surface area contributed by atoms with Crippen LogP contribution in [0.15, 0.2) is 16.3 Å². The fraction of sp³-hybridized carbons (Fsp3) is 0.692. The Labute approximate surface area is 130 Å². The third kappa shape index (κ3) is 5.65. The van der Waals surface area contributed by atoms with E-state index < -0.39 is 10.0 Å². The monoisotopic (exact) mass is 336 g/mol. The Balaban J connectivity index is 2.81. The Kier molecular flexibility index (Phi) is 8.38. The van der Waals surface area contributed by atoms with Crippen LogP contribution < -0.4 is 5.73 Å². The van der Waals surface area contributed by atoms with Crippen molar-refractivity contribution in [2.24, 2.45) is 5.73 Å². The van der Waals surface area contributed by atoms with E-state index in [1.807, 2.05) is 13.8 Å². The molecule has 0 fully saturated rings. The van der Waals surface area contributed by atoms with Crippen LogP contribution in [0.4, 0.5) is 0 Å². The van der Waals surface area contributed by atoms with Crippen molar-refractivity contribution >= 4 is 21.4 Å². The Morgan fingerprint density at radius 1 is 1.19 bits per heavy atom. The van der Waals surface area contributed by atoms with Crippen molar-refractivity contribution < 1.29 is 17.9 Å². The molecule has 0 aliphatic heterocycles. The molecule has 0 bridgehead atoms. The van der Waals surface area contributed by atoms with E-state index in [0.717, 1.165) is 4.88 Å². The van der Waals surface area contributed by atoms with Crippen molar-refractivity contribution in [3.8, 4) is 0 Å². The first-order valence-corrected chi connectivity index (χ1v) is 9.31. The lowest BCUT2D eigenvalue weighted by molar-refractivity contribution is 0.110. The molecular formula is C13H24N2O4S2. The zero-order chi connectivity index (χ0) is 15.7. The molecule has 0 aliphatic rings. The molecule has 0 unspecified atom stereocenters. The molecule has 0 spiro atoms. The van der Waals surface area contributed by atoms with E-state index >= 15 is 0 Å². The minimum atomic E-state index is -3.52. The van der Waals surface area contributed by atoms with E-state index in [1.165, 1.54) is 15.6 Å². The number of sulfonamides is 1. The van der Waals surface area contributed by atoms with E-state index in [4.69, 9.17) is 15.2 Å². The fourth-order valence-corrected chi connectivity index (χ4v) is 4.28. The highest BCUT2D eigenvalue weighted by molar-refractivity contribution is 7.89. The van der Waals surface area contributed by atoms with Crippen molar-refractivity contribution in [2.45, 2.75) is 25.3 Å². The van der Waals surface area contributed by atoms with E-state index in [2.05, 4.69) is 0 Å². The smallest absolute Gasteiger partial charge is 0.244 e. The van der Waals surface area contributed by atoms with Gasteiger partial charge < -0.3 is 15.2 Å². The van der Waals surface area contributed by atoms with Crippen LogP contribution in [0.3, 0.4) is 0 Å². The van der Waals surface area contributed by atoms with Gasteiger partial charge in [0.15, 0.2) is 0 Å². The molecule has 0 amide bonds. The minimum absolute atomic E-state index is 0.293. The fourth-order valence-electron chi connectivity index (χ4n) is 1.73. The van der Waals surface area contributed by atoms with Gasteiger partial charge in [0.25, 0.3) is 0 Å². The largest absolute Gasteiger partial charge is 0.380 e. The van der Waals surface area contributed by atoms with Crippen LogP contribution in [0, 0.1) is 0 Å². The van der Waals surface area contributed by atoms with Crippen LogP contribution >= 0.6 is 11.3 Å². The lowest BCUT2D eigenvalue weighted by atomic mass is 10.5. The molecule has 21 heavy (non-hydrogen) atoms. The lowest BCUT2D eigenvalue weighted by Crippen LogP contribution is -2.36. The predicted molar refractivity (Wildman–Crippen MR) is 84.0 cm³/mol. The van der Waals surface area contributed by atoms with Crippen LogP contribution in [0.25, 0.3) is 0 Å². The third-order valence-electron chi connectivity index (χ3n) is 2.85. The lowest BCUT2D eigenvalue weighted by Gasteiger charge is -2.21. The second-order valence-corrected chi connectivity index (χ2v) is 7.18. The SMILES string of the molecule is CCOCCN(CCOCC)S(=O)(=O)c1csc(CN)c1. The van der Waals surface area contributed by atoms with Crippen molar-refractivity contribution in [1.82, 2.24) is 4.31 Å². The van der Waals surface area contributed by atoms with Gasteiger partial charge in [-0.1, -0.05) is 0 Å². The average Bonchev–Trinajstić information content (AvgIpc) is 2.95. The highest BCUT2D eigenvalue weighted by atomic mass is 32.2. The molecule has 1 aromatic heterocycles. The van der Waals surface area contributed by atoms with Crippen LogP contribution in [0.5, 0.6) is 0 Å². The van der Waals surface area contributed by atoms with Gasteiger partial charge in [0, 0.05) is 43.1 Å². The summed E-state index contributed by atoms with van der Waals surface area (Å²) in [4.78, 5) is 1.14. The van der Waals surface area contributed by atoms with Crippen LogP contribution in [-0.4, -0.2) is 52.2 Å². The number of nitrogens with two attached hydrogens (primary N) is 1. The molecule has 1 heterocycles. The molecule has 122 valence electrons. The summed E-state index contributed by atoms with van der Waals surface area (Å²) in [6.07, 6.45) is 0. The first-order chi connectivity index (χ1) is 10.1. The average molecular weight is 336 g/mol. The highest BCUT2D eigenvalue weighted by Crippen LogP contribution is 2.22. The molecule has 0 aromatic carbocycles. The third-order valence-corrected chi connectivity index (χ3v) is 5.83. The highest BCUT2D eigenvalue weighted by Gasteiger charge is 2.25. The van der Waals surface area contributed by atoms with Crippen molar-refractivity contribution in [2.75, 3.05) is 39.5 Å². The second-order valence-electron chi connectivity index (χ2n) is 4.25. The molecule has 0 aliphatic carbocycles. The number of hydrogen-bond acceptors (Lipinski definition) is 6. The molecule has 1 rings (SSSR count). The topological polar surface area (TPSA) is 81.9 Å². The standard InChI is InChI=1S/C13H24N2O4S2/c1-3-18-7-5-15(6-8-19-4-2)21(16,17)13-9-12(10-14)20-11-13/h9,11H,3-8,10,14H2,1-2H3. The van der Waals surface area contributed by atoms with Gasteiger partial charge in [0.1, 0.15) is 0 Å². The molecule has 0 radical (unpaired) electrons. The molecule has 0 atom stereocenters. The molecule has 8 heteroatoms. The first-order valence-electron chi connectivity index (χ1n) is 6.99. The Bertz CT molecular complexity index is 492. The van der Waals surface area contributed by atoms with E-state index in [-0.39, 0.29) is 0 Å². The molecule has 0 saturated carbocycles. The molecule has 0 saturated heterocycles. The van der Waals surface area contributed by atoms with Gasteiger partial charge in [0.2, 0.25) is 10.0 Å². The normalized spacial score (nSPS) is 12.2. The maximum Gasteiger partial charge on any atom is 0.244 e. The second kappa shape index (κ2) is 9.50. The number of ether oxygens (including phenoxy) is 2. The summed E-state index contributed by atoms with van der Waals surface area (Å²) in [6, 6.07) is 1.63. The molecule has 1 aromatic rings. The van der Waals surface area contributed by atoms with Crippen LogP contribution in [-0.2, 0) is 26.0 Å². The molecular weight excluding hydrogens is 312 g/mol. The van der Waals surface area contributed by atoms with E-state index in [1.54, 1.807) is 11.4 Å². The van der Waals surface area contributed by atoms with Gasteiger partial charge in [-0.2, -0.15) is 4.31 Å². The zero-order valence-corrected chi connectivity index (χ0v) is 14.2. The van der Waals surface area contributed by atoms with E-state index in [0.29, 0.717) is 51.0 Å². The quantitative estimate of drug-likeness (QED) is 0.615. The van der Waals surface area contributed by atoms with Gasteiger partial charge in [-0.3, -0.25) is 0 Å². The summed E-state index contributed by atoms with van der Waals surface area (Å²) in [6.45, 7) is 6.61. The molecule has 2 N–H and O–H groups in total. The van der Waals surface area contributed by atoms with E-state index in [9.17, 15) is 8.42 Å². The van der Waals surface area contributed by atoms with Gasteiger partial charge in [-0.15, -0.1) is 11.3 Å². The predicted octanol–water partition coefficient (Wildman–Crippen LogP) is 1.27. The number of hydrogen-bond donors (Lipinski definition) is 1. The summed E-state index contributed by atoms with van der Waals surface area (Å²) >= 11 is 1.36. The minimum Gasteiger partial charge on any atom is -0.380 e. The van der Waals surface area contributed by atoms with Crippen LogP contribution in [0.2, 0.25) is 0 Å². The van der Waals surface area contributed by atoms with Crippen molar-refractivity contribution in [3.63, 3.8) is 0 Å². The maximum absolute atomic E-state index is 12.6. The van der Waals surface area contributed by atoms with Crippen molar-refractivity contribution in [3.05, 3.63) is 16.3 Å². The zero-order valence-electron chi connectivity index (χ0n) is 12.6. The number of nitrogens with zero attached hydrogens (tertiary/aromatic N) is 1. The molecule has 6 nitrogen and oxygen atoms in total. The first kappa shape index (κ1) is 18.5. The summed E-state index contributed by atoms with van der Waals surface area (Å²) in [5, 5.41) is 1.63. The Hall–Kier alpha value is -0.510.